The molecule has 0 bridgehead atoms. The van der Waals surface area contributed by atoms with Crippen molar-refractivity contribution in [3.8, 4) is 0 Å². The quantitative estimate of drug-likeness (QED) is 0.786. The van der Waals surface area contributed by atoms with E-state index >= 15 is 0 Å². The highest BCUT2D eigenvalue weighted by molar-refractivity contribution is 5.83. The van der Waals surface area contributed by atoms with Crippen molar-refractivity contribution in [2.24, 2.45) is 11.3 Å². The number of ketones is 1. The van der Waals surface area contributed by atoms with Gasteiger partial charge >= 0.3 is 6.09 Å². The van der Waals surface area contributed by atoms with E-state index in [9.17, 15) is 9.59 Å². The van der Waals surface area contributed by atoms with Crippen molar-refractivity contribution in [2.75, 3.05) is 6.61 Å². The molecule has 2 atom stereocenters. The Morgan fingerprint density at radius 1 is 1.40 bits per heavy atom. The first-order valence-electron chi connectivity index (χ1n) is 7.63. The molecule has 4 heteroatoms. The van der Waals surface area contributed by atoms with Crippen molar-refractivity contribution in [1.82, 2.24) is 5.32 Å². The maximum absolute atomic E-state index is 11.9. The lowest BCUT2D eigenvalue weighted by Crippen LogP contribution is -2.43. The topological polar surface area (TPSA) is 55.4 Å². The van der Waals surface area contributed by atoms with Crippen molar-refractivity contribution in [1.29, 1.82) is 0 Å². The van der Waals surface area contributed by atoms with Gasteiger partial charge in [0.25, 0.3) is 0 Å². The zero-order chi connectivity index (χ0) is 14.6. The molecule has 20 heavy (non-hydrogen) atoms. The second-order valence-electron chi connectivity index (χ2n) is 6.25. The zero-order valence-corrected chi connectivity index (χ0v) is 12.5. The van der Waals surface area contributed by atoms with E-state index in [1.807, 2.05) is 13.0 Å². The molecule has 0 saturated heterocycles. The molecule has 1 N–H and O–H groups in total. The molecule has 2 aliphatic carbocycles. The van der Waals surface area contributed by atoms with Gasteiger partial charge in [-0.25, -0.2) is 4.79 Å². The van der Waals surface area contributed by atoms with Gasteiger partial charge < -0.3 is 10.1 Å². The van der Waals surface area contributed by atoms with Gasteiger partial charge in [0.15, 0.2) is 0 Å². The van der Waals surface area contributed by atoms with Gasteiger partial charge in [-0.3, -0.25) is 4.79 Å². The Labute approximate surface area is 120 Å². The van der Waals surface area contributed by atoms with E-state index in [0.717, 1.165) is 12.8 Å². The predicted octanol–water partition coefficient (Wildman–Crippen LogP) is 3.22. The average molecular weight is 279 g/mol. The summed E-state index contributed by atoms with van der Waals surface area (Å²) >= 11 is 0. The van der Waals surface area contributed by atoms with Crippen molar-refractivity contribution in [2.45, 2.75) is 58.4 Å². The van der Waals surface area contributed by atoms with E-state index in [4.69, 9.17) is 4.74 Å². The summed E-state index contributed by atoms with van der Waals surface area (Å²) in [4.78, 5) is 23.7. The minimum atomic E-state index is -0.508. The van der Waals surface area contributed by atoms with Crippen LogP contribution in [0.15, 0.2) is 12.2 Å². The lowest BCUT2D eigenvalue weighted by atomic mass is 9.75. The van der Waals surface area contributed by atoms with E-state index in [2.05, 4.69) is 11.4 Å². The summed E-state index contributed by atoms with van der Waals surface area (Å²) < 4.78 is 5.33. The van der Waals surface area contributed by atoms with Gasteiger partial charge in [0.1, 0.15) is 12.4 Å². The van der Waals surface area contributed by atoms with Crippen LogP contribution in [0, 0.1) is 11.3 Å². The minimum absolute atomic E-state index is 0.113. The standard InChI is InChI=1S/C16H25NO3/c1-12(14-7-6-8-14)17-15(19)20-11-16(13(2)18)9-4-3-5-10-16/h3-4,12,14H,5-11H2,1-2H3,(H,17,19). The minimum Gasteiger partial charge on any atom is -0.448 e. The summed E-state index contributed by atoms with van der Waals surface area (Å²) in [7, 11) is 0. The van der Waals surface area contributed by atoms with Crippen LogP contribution >= 0.6 is 0 Å². The Morgan fingerprint density at radius 2 is 2.15 bits per heavy atom. The first-order valence-corrected chi connectivity index (χ1v) is 7.63. The molecular formula is C16H25NO3. The van der Waals surface area contributed by atoms with Gasteiger partial charge in [0, 0.05) is 6.04 Å². The molecule has 0 aliphatic heterocycles. The molecule has 0 radical (unpaired) electrons. The van der Waals surface area contributed by atoms with Gasteiger partial charge in [-0.1, -0.05) is 18.6 Å². The molecule has 2 unspecified atom stereocenters. The molecule has 4 nitrogen and oxygen atoms in total. The van der Waals surface area contributed by atoms with Crippen LogP contribution in [-0.4, -0.2) is 24.5 Å². The second-order valence-corrected chi connectivity index (χ2v) is 6.25. The fourth-order valence-corrected chi connectivity index (χ4v) is 2.93. The number of amides is 1. The monoisotopic (exact) mass is 279 g/mol. The van der Waals surface area contributed by atoms with Gasteiger partial charge in [-0.15, -0.1) is 0 Å². The number of hydrogen-bond acceptors (Lipinski definition) is 3. The van der Waals surface area contributed by atoms with Crippen LogP contribution in [-0.2, 0) is 9.53 Å². The number of carbonyl (C=O) groups is 2. The Hall–Kier alpha value is -1.32. The van der Waals surface area contributed by atoms with Crippen LogP contribution < -0.4 is 5.32 Å². The van der Waals surface area contributed by atoms with Crippen molar-refractivity contribution in [3.63, 3.8) is 0 Å². The molecule has 0 heterocycles. The summed E-state index contributed by atoms with van der Waals surface area (Å²) in [6.45, 7) is 3.81. The van der Waals surface area contributed by atoms with E-state index in [0.29, 0.717) is 12.3 Å². The number of ether oxygens (including phenoxy) is 1. The maximum Gasteiger partial charge on any atom is 0.407 e. The first kappa shape index (κ1) is 15.1. The molecule has 1 saturated carbocycles. The molecular weight excluding hydrogens is 254 g/mol. The number of hydrogen-bond donors (Lipinski definition) is 1. The number of allylic oxidation sites excluding steroid dienone is 2. The highest BCUT2D eigenvalue weighted by Gasteiger charge is 2.37. The van der Waals surface area contributed by atoms with Crippen LogP contribution in [0.5, 0.6) is 0 Å². The third kappa shape index (κ3) is 3.41. The van der Waals surface area contributed by atoms with Crippen molar-refractivity contribution in [3.05, 3.63) is 12.2 Å². The zero-order valence-electron chi connectivity index (χ0n) is 12.5. The fraction of sp³-hybridized carbons (Fsp3) is 0.750. The fourth-order valence-electron chi connectivity index (χ4n) is 2.93. The molecule has 1 amide bonds. The number of alkyl carbamates (subject to hydrolysis) is 1. The number of carbonyl (C=O) groups excluding carboxylic acids is 2. The van der Waals surface area contributed by atoms with Crippen LogP contribution in [0.4, 0.5) is 4.79 Å². The summed E-state index contributed by atoms with van der Waals surface area (Å²) in [5, 5.41) is 2.89. The van der Waals surface area contributed by atoms with Crippen LogP contribution in [0.2, 0.25) is 0 Å². The highest BCUT2D eigenvalue weighted by Crippen LogP contribution is 2.34. The molecule has 2 rings (SSSR count). The van der Waals surface area contributed by atoms with Crippen LogP contribution in [0.3, 0.4) is 0 Å². The van der Waals surface area contributed by atoms with Crippen molar-refractivity contribution < 1.29 is 14.3 Å². The normalized spacial score (nSPS) is 27.5. The summed E-state index contributed by atoms with van der Waals surface area (Å²) in [6.07, 6.45) is 9.66. The van der Waals surface area contributed by atoms with Gasteiger partial charge in [-0.2, -0.15) is 0 Å². The number of rotatable bonds is 5. The van der Waals surface area contributed by atoms with E-state index < -0.39 is 5.41 Å². The number of nitrogens with one attached hydrogen (secondary N) is 1. The maximum atomic E-state index is 11.9. The molecule has 0 spiro atoms. The molecule has 2 aliphatic rings. The smallest absolute Gasteiger partial charge is 0.407 e. The van der Waals surface area contributed by atoms with Crippen LogP contribution in [0.1, 0.15) is 52.4 Å². The first-order chi connectivity index (χ1) is 9.53. The van der Waals surface area contributed by atoms with E-state index in [-0.39, 0.29) is 24.5 Å². The largest absolute Gasteiger partial charge is 0.448 e. The average Bonchev–Trinajstić information content (AvgIpc) is 2.35. The summed E-state index contributed by atoms with van der Waals surface area (Å²) in [5.74, 6) is 0.698. The number of Topliss-reactive ketones (excluding diaryl/α,β-unsaturated/α-hetero) is 1. The lowest BCUT2D eigenvalue weighted by molar-refractivity contribution is -0.129. The highest BCUT2D eigenvalue weighted by atomic mass is 16.5. The Kier molecular flexibility index (Phi) is 4.84. The van der Waals surface area contributed by atoms with Gasteiger partial charge in [0.2, 0.25) is 0 Å². The van der Waals surface area contributed by atoms with Gasteiger partial charge in [-0.05, 0) is 51.9 Å². The third-order valence-corrected chi connectivity index (χ3v) is 4.89. The molecule has 112 valence electrons. The Balaban J connectivity index is 1.81. The SMILES string of the molecule is CC(=O)C1(COC(=O)NC(C)C2CCC2)CC=CCC1. The second kappa shape index (κ2) is 6.42. The Morgan fingerprint density at radius 3 is 2.65 bits per heavy atom. The molecule has 0 aromatic rings. The van der Waals surface area contributed by atoms with Crippen molar-refractivity contribution >= 4 is 11.9 Å². The predicted molar refractivity (Wildman–Crippen MR) is 77.4 cm³/mol. The third-order valence-electron chi connectivity index (χ3n) is 4.89. The molecule has 0 aromatic carbocycles. The molecule has 0 aromatic heterocycles. The lowest BCUT2D eigenvalue weighted by Gasteiger charge is -2.33. The molecule has 1 fully saturated rings. The van der Waals surface area contributed by atoms with E-state index in [1.54, 1.807) is 6.92 Å². The van der Waals surface area contributed by atoms with Gasteiger partial charge in [0.05, 0.1) is 5.41 Å². The van der Waals surface area contributed by atoms with Crippen LogP contribution in [0.25, 0.3) is 0 Å². The summed E-state index contributed by atoms with van der Waals surface area (Å²) in [5.41, 5.74) is -0.508. The Bertz CT molecular complexity index is 401. The van der Waals surface area contributed by atoms with E-state index in [1.165, 1.54) is 19.3 Å². The summed E-state index contributed by atoms with van der Waals surface area (Å²) in [6, 6.07) is 0.163.